The van der Waals surface area contributed by atoms with E-state index >= 15 is 0 Å². The molecule has 6 nitrogen and oxygen atoms in total. The van der Waals surface area contributed by atoms with Crippen LogP contribution >= 0.6 is 0 Å². The summed E-state index contributed by atoms with van der Waals surface area (Å²) < 4.78 is 33.0. The van der Waals surface area contributed by atoms with Gasteiger partial charge in [-0.3, -0.25) is 9.59 Å². The maximum Gasteiger partial charge on any atom is 0.320 e. The number of methoxy groups -OCH3 is 2. The third kappa shape index (κ3) is 3.80. The molecule has 0 fully saturated rings. The standard InChI is InChI=1S/C13H16O6S/c1-9(20(16,17)8-12(14)19-3)13(15)10-4-6-11(18-2)7-5-10/h4-7,9H,8H2,1-3H3. The van der Waals surface area contributed by atoms with Crippen LogP contribution in [0.3, 0.4) is 0 Å². The van der Waals surface area contributed by atoms with Crippen molar-refractivity contribution >= 4 is 21.6 Å². The van der Waals surface area contributed by atoms with E-state index in [1.165, 1.54) is 26.2 Å². The van der Waals surface area contributed by atoms with E-state index in [0.29, 0.717) is 5.75 Å². The monoisotopic (exact) mass is 300 g/mol. The fourth-order valence-electron chi connectivity index (χ4n) is 1.50. The molecule has 1 atom stereocenters. The van der Waals surface area contributed by atoms with Crippen LogP contribution in [0.4, 0.5) is 0 Å². The van der Waals surface area contributed by atoms with Crippen LogP contribution in [0.1, 0.15) is 17.3 Å². The van der Waals surface area contributed by atoms with Crippen LogP contribution in [-0.2, 0) is 19.4 Å². The molecule has 1 aromatic rings. The van der Waals surface area contributed by atoms with Gasteiger partial charge in [0.05, 0.1) is 14.2 Å². The molecular weight excluding hydrogens is 284 g/mol. The predicted octanol–water partition coefficient (Wildman–Crippen LogP) is 0.854. The smallest absolute Gasteiger partial charge is 0.320 e. The number of carbonyl (C=O) groups excluding carboxylic acids is 2. The lowest BCUT2D eigenvalue weighted by atomic mass is 10.1. The minimum absolute atomic E-state index is 0.242. The highest BCUT2D eigenvalue weighted by Gasteiger charge is 2.31. The van der Waals surface area contributed by atoms with E-state index in [1.807, 2.05) is 0 Å². The van der Waals surface area contributed by atoms with Gasteiger partial charge in [-0.1, -0.05) is 0 Å². The SMILES string of the molecule is COC(=O)CS(=O)(=O)C(C)C(=O)c1ccc(OC)cc1. The molecule has 1 rings (SSSR count). The van der Waals surface area contributed by atoms with Gasteiger partial charge in [0, 0.05) is 5.56 Å². The van der Waals surface area contributed by atoms with Gasteiger partial charge in [-0.15, -0.1) is 0 Å². The van der Waals surface area contributed by atoms with Crippen molar-refractivity contribution < 1.29 is 27.5 Å². The summed E-state index contributed by atoms with van der Waals surface area (Å²) >= 11 is 0. The number of Topliss-reactive ketones (excluding diaryl/α,β-unsaturated/α-hetero) is 1. The van der Waals surface area contributed by atoms with E-state index in [0.717, 1.165) is 7.11 Å². The number of rotatable bonds is 6. The van der Waals surface area contributed by atoms with Gasteiger partial charge in [-0.25, -0.2) is 8.42 Å². The van der Waals surface area contributed by atoms with Crippen molar-refractivity contribution in [2.45, 2.75) is 12.2 Å². The molecule has 0 aliphatic heterocycles. The van der Waals surface area contributed by atoms with E-state index in [9.17, 15) is 18.0 Å². The summed E-state index contributed by atoms with van der Waals surface area (Å²) in [6.45, 7) is 1.25. The Kier molecular flexibility index (Phi) is 5.26. The average molecular weight is 300 g/mol. The molecule has 0 spiro atoms. The number of ketones is 1. The van der Waals surface area contributed by atoms with E-state index in [2.05, 4.69) is 4.74 Å². The molecule has 110 valence electrons. The van der Waals surface area contributed by atoms with Gasteiger partial charge in [0.25, 0.3) is 0 Å². The summed E-state index contributed by atoms with van der Waals surface area (Å²) in [5, 5.41) is -1.31. The molecule has 1 aromatic carbocycles. The number of hydrogen-bond donors (Lipinski definition) is 0. The van der Waals surface area contributed by atoms with Crippen molar-refractivity contribution in [1.29, 1.82) is 0 Å². The van der Waals surface area contributed by atoms with Crippen LogP contribution in [0.25, 0.3) is 0 Å². The molecule has 0 aliphatic rings. The van der Waals surface area contributed by atoms with Crippen LogP contribution in [0.15, 0.2) is 24.3 Å². The van der Waals surface area contributed by atoms with Crippen LogP contribution < -0.4 is 4.74 Å². The number of hydrogen-bond acceptors (Lipinski definition) is 6. The predicted molar refractivity (Wildman–Crippen MR) is 72.6 cm³/mol. The number of benzene rings is 1. The number of sulfone groups is 1. The Labute approximate surface area is 117 Å². The second kappa shape index (κ2) is 6.51. The lowest BCUT2D eigenvalue weighted by Crippen LogP contribution is -2.32. The Bertz CT molecular complexity index is 588. The molecule has 0 heterocycles. The van der Waals surface area contributed by atoms with Crippen LogP contribution in [0, 0.1) is 0 Å². The molecule has 7 heteroatoms. The van der Waals surface area contributed by atoms with Gasteiger partial charge < -0.3 is 9.47 Å². The van der Waals surface area contributed by atoms with Gasteiger partial charge >= 0.3 is 5.97 Å². The maximum absolute atomic E-state index is 12.1. The lowest BCUT2D eigenvalue weighted by Gasteiger charge is -2.11. The molecule has 0 radical (unpaired) electrons. The van der Waals surface area contributed by atoms with E-state index < -0.39 is 32.6 Å². The zero-order valence-electron chi connectivity index (χ0n) is 11.5. The highest BCUT2D eigenvalue weighted by molar-refractivity contribution is 7.93. The normalized spacial score (nSPS) is 12.6. The Morgan fingerprint density at radius 1 is 1.15 bits per heavy atom. The van der Waals surface area contributed by atoms with Crippen LogP contribution in [0.5, 0.6) is 5.75 Å². The Balaban J connectivity index is 2.92. The van der Waals surface area contributed by atoms with Crippen molar-refractivity contribution in [2.24, 2.45) is 0 Å². The molecule has 20 heavy (non-hydrogen) atoms. The topological polar surface area (TPSA) is 86.7 Å². The van der Waals surface area contributed by atoms with Crippen LogP contribution in [-0.4, -0.2) is 45.4 Å². The fraction of sp³-hybridized carbons (Fsp3) is 0.385. The molecule has 0 N–H and O–H groups in total. The zero-order valence-corrected chi connectivity index (χ0v) is 12.3. The third-order valence-corrected chi connectivity index (χ3v) is 4.76. The largest absolute Gasteiger partial charge is 0.497 e. The summed E-state index contributed by atoms with van der Waals surface area (Å²) in [4.78, 5) is 23.1. The first-order valence-corrected chi connectivity index (χ1v) is 7.50. The van der Waals surface area contributed by atoms with E-state index in [1.54, 1.807) is 12.1 Å². The summed E-state index contributed by atoms with van der Waals surface area (Å²) in [6.07, 6.45) is 0. The van der Waals surface area contributed by atoms with Gasteiger partial charge in [0.2, 0.25) is 0 Å². The average Bonchev–Trinajstić information content (AvgIpc) is 2.45. The Hall–Kier alpha value is -1.89. The minimum Gasteiger partial charge on any atom is -0.497 e. The summed E-state index contributed by atoms with van der Waals surface area (Å²) in [6, 6.07) is 6.08. The first kappa shape index (κ1) is 16.2. The first-order valence-electron chi connectivity index (χ1n) is 5.78. The van der Waals surface area contributed by atoms with Gasteiger partial charge in [0.15, 0.2) is 15.6 Å². The van der Waals surface area contributed by atoms with E-state index in [4.69, 9.17) is 4.74 Å². The fourth-order valence-corrected chi connectivity index (χ4v) is 2.66. The van der Waals surface area contributed by atoms with Crippen molar-refractivity contribution in [3.8, 4) is 5.75 Å². The van der Waals surface area contributed by atoms with Gasteiger partial charge in [-0.05, 0) is 31.2 Å². The van der Waals surface area contributed by atoms with Crippen molar-refractivity contribution in [3.63, 3.8) is 0 Å². The second-order valence-corrected chi connectivity index (χ2v) is 6.44. The molecule has 0 aliphatic carbocycles. The van der Waals surface area contributed by atoms with Crippen molar-refractivity contribution in [3.05, 3.63) is 29.8 Å². The zero-order chi connectivity index (χ0) is 15.3. The summed E-state index contributed by atoms with van der Waals surface area (Å²) in [5.74, 6) is -1.71. The van der Waals surface area contributed by atoms with Gasteiger partial charge in [-0.2, -0.15) is 0 Å². The first-order chi connectivity index (χ1) is 9.31. The molecular formula is C13H16O6S. The number of ether oxygens (including phenoxy) is 2. The quantitative estimate of drug-likeness (QED) is 0.572. The molecule has 0 bridgehead atoms. The highest BCUT2D eigenvalue weighted by Crippen LogP contribution is 2.15. The lowest BCUT2D eigenvalue weighted by molar-refractivity contribution is -0.137. The number of esters is 1. The molecule has 0 aromatic heterocycles. The minimum atomic E-state index is -3.89. The summed E-state index contributed by atoms with van der Waals surface area (Å²) in [5.41, 5.74) is 0.242. The van der Waals surface area contributed by atoms with Crippen molar-refractivity contribution in [1.82, 2.24) is 0 Å². The highest BCUT2D eigenvalue weighted by atomic mass is 32.2. The van der Waals surface area contributed by atoms with E-state index in [-0.39, 0.29) is 5.56 Å². The summed E-state index contributed by atoms with van der Waals surface area (Å²) in [7, 11) is -1.31. The maximum atomic E-state index is 12.1. The Morgan fingerprint density at radius 2 is 1.70 bits per heavy atom. The Morgan fingerprint density at radius 3 is 2.15 bits per heavy atom. The third-order valence-electron chi connectivity index (χ3n) is 2.83. The molecule has 1 unspecified atom stereocenters. The molecule has 0 saturated carbocycles. The molecule has 0 saturated heterocycles. The van der Waals surface area contributed by atoms with Gasteiger partial charge in [0.1, 0.15) is 16.8 Å². The number of carbonyl (C=O) groups is 2. The van der Waals surface area contributed by atoms with Crippen molar-refractivity contribution in [2.75, 3.05) is 20.0 Å². The van der Waals surface area contributed by atoms with Crippen LogP contribution in [0.2, 0.25) is 0 Å². The molecule has 0 amide bonds. The second-order valence-electron chi connectivity index (χ2n) is 4.12.